The van der Waals surface area contributed by atoms with E-state index in [1.54, 1.807) is 6.92 Å². The minimum Gasteiger partial charge on any atom is -0.303 e. The van der Waals surface area contributed by atoms with Crippen LogP contribution in [0.15, 0.2) is 0 Å². The molecule has 88 valence electrons. The summed E-state index contributed by atoms with van der Waals surface area (Å²) in [4.78, 5) is 13.3. The molecule has 0 radical (unpaired) electrons. The molecule has 0 aromatic carbocycles. The van der Waals surface area contributed by atoms with Crippen LogP contribution >= 0.6 is 0 Å². The molecule has 0 amide bonds. The van der Waals surface area contributed by atoms with Crippen LogP contribution < -0.4 is 0 Å². The Kier molecular flexibility index (Phi) is 4.78. The number of hydrogen-bond donors (Lipinski definition) is 0. The molecule has 2 nitrogen and oxygen atoms in total. The third-order valence-electron chi connectivity index (χ3n) is 3.92. The standard InChI is InChI=1S/C13H25NO/c1-4-13(3)7-10-14(11-8-13)9-5-6-12(2)15/h4-11H2,1-3H3. The number of ketones is 1. The zero-order chi connectivity index (χ0) is 11.3. The number of rotatable bonds is 5. The maximum absolute atomic E-state index is 10.8. The van der Waals surface area contributed by atoms with E-state index in [1.165, 1.54) is 32.4 Å². The highest BCUT2D eigenvalue weighted by Gasteiger charge is 2.27. The van der Waals surface area contributed by atoms with E-state index in [2.05, 4.69) is 18.7 Å². The molecule has 1 aliphatic rings. The van der Waals surface area contributed by atoms with Gasteiger partial charge in [0.15, 0.2) is 0 Å². The van der Waals surface area contributed by atoms with E-state index in [9.17, 15) is 4.79 Å². The lowest BCUT2D eigenvalue weighted by Gasteiger charge is -2.38. The highest BCUT2D eigenvalue weighted by atomic mass is 16.1. The third kappa shape index (κ3) is 4.33. The molecule has 1 saturated heterocycles. The van der Waals surface area contributed by atoms with Gasteiger partial charge in [0, 0.05) is 6.42 Å². The summed E-state index contributed by atoms with van der Waals surface area (Å²) in [5.74, 6) is 0.324. The fourth-order valence-corrected chi connectivity index (χ4v) is 2.22. The van der Waals surface area contributed by atoms with Gasteiger partial charge in [0.25, 0.3) is 0 Å². The second kappa shape index (κ2) is 5.64. The van der Waals surface area contributed by atoms with E-state index in [0.29, 0.717) is 11.2 Å². The number of hydrogen-bond acceptors (Lipinski definition) is 2. The minimum absolute atomic E-state index is 0.324. The first kappa shape index (κ1) is 12.7. The van der Waals surface area contributed by atoms with Crippen molar-refractivity contribution in [3.8, 4) is 0 Å². The molecule has 1 rings (SSSR count). The number of carbonyl (C=O) groups excluding carboxylic acids is 1. The van der Waals surface area contributed by atoms with Crippen LogP contribution in [-0.2, 0) is 4.79 Å². The Morgan fingerprint density at radius 3 is 2.40 bits per heavy atom. The van der Waals surface area contributed by atoms with Crippen molar-refractivity contribution in [2.45, 2.75) is 52.9 Å². The Morgan fingerprint density at radius 2 is 1.93 bits per heavy atom. The summed E-state index contributed by atoms with van der Waals surface area (Å²) in [5.41, 5.74) is 0.580. The van der Waals surface area contributed by atoms with Gasteiger partial charge in [-0.25, -0.2) is 0 Å². The SMILES string of the molecule is CCC1(C)CCN(CCCC(C)=O)CC1. The smallest absolute Gasteiger partial charge is 0.129 e. The molecule has 0 unspecified atom stereocenters. The van der Waals surface area contributed by atoms with Gasteiger partial charge in [-0.3, -0.25) is 0 Å². The molecule has 0 saturated carbocycles. The first-order chi connectivity index (χ1) is 7.06. The summed E-state index contributed by atoms with van der Waals surface area (Å²) >= 11 is 0. The first-order valence-electron chi connectivity index (χ1n) is 6.27. The van der Waals surface area contributed by atoms with E-state index in [1.807, 2.05) is 0 Å². The van der Waals surface area contributed by atoms with Crippen molar-refractivity contribution < 1.29 is 4.79 Å². The molecule has 0 aliphatic carbocycles. The van der Waals surface area contributed by atoms with E-state index in [4.69, 9.17) is 0 Å². The average molecular weight is 211 g/mol. The Balaban J connectivity index is 2.17. The predicted octanol–water partition coefficient (Wildman–Crippen LogP) is 2.87. The van der Waals surface area contributed by atoms with Crippen LogP contribution in [0.3, 0.4) is 0 Å². The molecule has 2 heteroatoms. The Bertz CT molecular complexity index is 205. The summed E-state index contributed by atoms with van der Waals surface area (Å²) in [6.07, 6.45) is 5.74. The van der Waals surface area contributed by atoms with Gasteiger partial charge in [0.2, 0.25) is 0 Å². The Labute approximate surface area is 94.0 Å². The molecule has 1 aliphatic heterocycles. The van der Waals surface area contributed by atoms with Gasteiger partial charge in [-0.15, -0.1) is 0 Å². The van der Waals surface area contributed by atoms with Crippen LogP contribution in [0.2, 0.25) is 0 Å². The second-order valence-electron chi connectivity index (χ2n) is 5.31. The molecule has 0 bridgehead atoms. The van der Waals surface area contributed by atoms with Crippen molar-refractivity contribution in [3.63, 3.8) is 0 Å². The quantitative estimate of drug-likeness (QED) is 0.697. The highest BCUT2D eigenvalue weighted by Crippen LogP contribution is 2.33. The van der Waals surface area contributed by atoms with Gasteiger partial charge in [-0.2, -0.15) is 0 Å². The minimum atomic E-state index is 0.324. The molecule has 1 heterocycles. The summed E-state index contributed by atoms with van der Waals surface area (Å²) in [6.45, 7) is 9.94. The van der Waals surface area contributed by atoms with E-state index in [-0.39, 0.29) is 0 Å². The zero-order valence-electron chi connectivity index (χ0n) is 10.5. The van der Waals surface area contributed by atoms with Crippen molar-refractivity contribution in [2.24, 2.45) is 5.41 Å². The van der Waals surface area contributed by atoms with Gasteiger partial charge in [-0.1, -0.05) is 20.3 Å². The van der Waals surface area contributed by atoms with E-state index < -0.39 is 0 Å². The lowest BCUT2D eigenvalue weighted by atomic mass is 9.78. The highest BCUT2D eigenvalue weighted by molar-refractivity contribution is 5.75. The third-order valence-corrected chi connectivity index (χ3v) is 3.92. The average Bonchev–Trinajstić information content (AvgIpc) is 2.21. The number of Topliss-reactive ketones (excluding diaryl/α,β-unsaturated/α-hetero) is 1. The lowest BCUT2D eigenvalue weighted by Crippen LogP contribution is -2.38. The lowest BCUT2D eigenvalue weighted by molar-refractivity contribution is -0.117. The maximum Gasteiger partial charge on any atom is 0.129 e. The van der Waals surface area contributed by atoms with Crippen molar-refractivity contribution in [1.29, 1.82) is 0 Å². The fourth-order valence-electron chi connectivity index (χ4n) is 2.22. The molecule has 1 fully saturated rings. The molecular weight excluding hydrogens is 186 g/mol. The van der Waals surface area contributed by atoms with Gasteiger partial charge < -0.3 is 9.69 Å². The Hall–Kier alpha value is -0.370. The number of piperidine rings is 1. The zero-order valence-corrected chi connectivity index (χ0v) is 10.5. The predicted molar refractivity (Wildman–Crippen MR) is 64.0 cm³/mol. The summed E-state index contributed by atoms with van der Waals surface area (Å²) in [7, 11) is 0. The number of carbonyl (C=O) groups is 1. The number of nitrogens with zero attached hydrogens (tertiary/aromatic N) is 1. The molecule has 0 atom stereocenters. The van der Waals surface area contributed by atoms with Gasteiger partial charge in [0.1, 0.15) is 5.78 Å². The van der Waals surface area contributed by atoms with E-state index >= 15 is 0 Å². The summed E-state index contributed by atoms with van der Waals surface area (Å²) < 4.78 is 0. The van der Waals surface area contributed by atoms with Crippen molar-refractivity contribution in [1.82, 2.24) is 4.90 Å². The Morgan fingerprint density at radius 1 is 1.33 bits per heavy atom. The van der Waals surface area contributed by atoms with E-state index in [0.717, 1.165) is 19.4 Å². The summed E-state index contributed by atoms with van der Waals surface area (Å²) in [5, 5.41) is 0. The molecule has 0 aromatic rings. The van der Waals surface area contributed by atoms with Crippen LogP contribution in [-0.4, -0.2) is 30.3 Å². The van der Waals surface area contributed by atoms with Crippen LogP contribution in [0.4, 0.5) is 0 Å². The molecule has 0 N–H and O–H groups in total. The normalized spacial score (nSPS) is 21.5. The largest absolute Gasteiger partial charge is 0.303 e. The van der Waals surface area contributed by atoms with Crippen LogP contribution in [0.1, 0.15) is 52.9 Å². The summed E-state index contributed by atoms with van der Waals surface area (Å²) in [6, 6.07) is 0. The molecule has 0 spiro atoms. The van der Waals surface area contributed by atoms with Crippen molar-refractivity contribution in [3.05, 3.63) is 0 Å². The number of likely N-dealkylation sites (tertiary alicyclic amines) is 1. The van der Waals surface area contributed by atoms with Crippen molar-refractivity contribution in [2.75, 3.05) is 19.6 Å². The van der Waals surface area contributed by atoms with Gasteiger partial charge in [0.05, 0.1) is 0 Å². The second-order valence-corrected chi connectivity index (χ2v) is 5.31. The molecule has 0 aromatic heterocycles. The molecular formula is C13H25NO. The van der Waals surface area contributed by atoms with Crippen LogP contribution in [0.25, 0.3) is 0 Å². The van der Waals surface area contributed by atoms with Gasteiger partial charge in [-0.05, 0) is 51.2 Å². The molecule has 15 heavy (non-hydrogen) atoms. The first-order valence-corrected chi connectivity index (χ1v) is 6.27. The topological polar surface area (TPSA) is 20.3 Å². The monoisotopic (exact) mass is 211 g/mol. The fraction of sp³-hybridized carbons (Fsp3) is 0.923. The van der Waals surface area contributed by atoms with Crippen LogP contribution in [0.5, 0.6) is 0 Å². The van der Waals surface area contributed by atoms with Crippen molar-refractivity contribution >= 4 is 5.78 Å². The maximum atomic E-state index is 10.8. The van der Waals surface area contributed by atoms with Crippen LogP contribution in [0, 0.1) is 5.41 Å². The van der Waals surface area contributed by atoms with Gasteiger partial charge >= 0.3 is 0 Å².